The van der Waals surface area contributed by atoms with Crippen LogP contribution in [0.2, 0.25) is 0 Å². The Morgan fingerprint density at radius 2 is 1.76 bits per heavy atom. The maximum atomic E-state index is 13.3. The largest absolute Gasteiger partial charge is 0.476 e. The van der Waals surface area contributed by atoms with Gasteiger partial charge < -0.3 is 15.2 Å². The second-order valence-corrected chi connectivity index (χ2v) is 11.8. The van der Waals surface area contributed by atoms with Crippen LogP contribution in [0.5, 0.6) is 11.6 Å². The van der Waals surface area contributed by atoms with Crippen LogP contribution in [0.1, 0.15) is 57.1 Å². The van der Waals surface area contributed by atoms with Gasteiger partial charge in [-0.15, -0.1) is 0 Å². The number of carboxylic acid groups (broad SMARTS) is 1. The Morgan fingerprint density at radius 1 is 1.11 bits per heavy atom. The monoisotopic (exact) mass is 528 g/mol. The molecule has 3 aromatic rings. The standard InChI is InChI=1S/C26H32N4O6S/c1-16(2)29-37(34,35)21-14-18(27-22(31)15-26(4,5)6)12-13-20(21)36-24-17(3)23(25(32)33)28-30(24)19-10-8-7-9-11-19/h7-14,16,29H,15H2,1-6H3,(H,27,31)(H,32,33). The number of carbonyl (C=O) groups excluding carboxylic acids is 1. The number of rotatable bonds is 9. The fourth-order valence-electron chi connectivity index (χ4n) is 3.59. The van der Waals surface area contributed by atoms with Crippen LogP contribution in [-0.4, -0.2) is 41.2 Å². The van der Waals surface area contributed by atoms with Crippen LogP contribution in [0, 0.1) is 12.3 Å². The Hall–Kier alpha value is -3.70. The first-order valence-corrected chi connectivity index (χ1v) is 13.2. The summed E-state index contributed by atoms with van der Waals surface area (Å²) in [6, 6.07) is 12.6. The Bertz CT molecular complexity index is 1410. The first-order valence-electron chi connectivity index (χ1n) is 11.7. The Kier molecular flexibility index (Phi) is 8.09. The summed E-state index contributed by atoms with van der Waals surface area (Å²) in [6.45, 7) is 10.7. The highest BCUT2D eigenvalue weighted by atomic mass is 32.2. The lowest BCUT2D eigenvalue weighted by Crippen LogP contribution is -2.30. The van der Waals surface area contributed by atoms with E-state index in [9.17, 15) is 23.1 Å². The van der Waals surface area contributed by atoms with Gasteiger partial charge in [0.2, 0.25) is 21.8 Å². The lowest BCUT2D eigenvalue weighted by molar-refractivity contribution is -0.117. The molecule has 3 N–H and O–H groups in total. The fourth-order valence-corrected chi connectivity index (χ4v) is 5.00. The summed E-state index contributed by atoms with van der Waals surface area (Å²) in [6.07, 6.45) is 0.241. The molecule has 0 atom stereocenters. The molecule has 1 aromatic heterocycles. The van der Waals surface area contributed by atoms with Crippen molar-refractivity contribution in [3.8, 4) is 17.3 Å². The van der Waals surface area contributed by atoms with Gasteiger partial charge >= 0.3 is 5.97 Å². The normalized spacial score (nSPS) is 12.0. The maximum absolute atomic E-state index is 13.3. The van der Waals surface area contributed by atoms with E-state index in [0.717, 1.165) is 0 Å². The highest BCUT2D eigenvalue weighted by molar-refractivity contribution is 7.89. The van der Waals surface area contributed by atoms with E-state index in [1.54, 1.807) is 44.2 Å². The molecule has 2 aromatic carbocycles. The lowest BCUT2D eigenvalue weighted by atomic mass is 9.92. The van der Waals surface area contributed by atoms with E-state index in [2.05, 4.69) is 15.1 Å². The zero-order valence-corrected chi connectivity index (χ0v) is 22.5. The van der Waals surface area contributed by atoms with E-state index in [4.69, 9.17) is 4.74 Å². The number of para-hydroxylation sites is 1. The summed E-state index contributed by atoms with van der Waals surface area (Å²) in [4.78, 5) is 24.1. The van der Waals surface area contributed by atoms with Crippen LogP contribution in [-0.2, 0) is 14.8 Å². The van der Waals surface area contributed by atoms with Crippen LogP contribution in [0.4, 0.5) is 5.69 Å². The molecule has 0 saturated heterocycles. The molecule has 0 aliphatic rings. The number of benzene rings is 2. The molecule has 0 radical (unpaired) electrons. The van der Waals surface area contributed by atoms with Gasteiger partial charge in [0.25, 0.3) is 0 Å². The lowest BCUT2D eigenvalue weighted by Gasteiger charge is -2.19. The third kappa shape index (κ3) is 6.95. The quantitative estimate of drug-likeness (QED) is 0.365. The van der Waals surface area contributed by atoms with E-state index in [-0.39, 0.29) is 51.2 Å². The minimum absolute atomic E-state index is 0.0501. The number of nitrogens with one attached hydrogen (secondary N) is 2. The zero-order valence-electron chi connectivity index (χ0n) is 21.7. The van der Waals surface area contributed by atoms with Crippen molar-refractivity contribution in [3.63, 3.8) is 0 Å². The van der Waals surface area contributed by atoms with E-state index < -0.39 is 22.0 Å². The molecule has 0 saturated carbocycles. The van der Waals surface area contributed by atoms with Gasteiger partial charge in [-0.25, -0.2) is 17.9 Å². The summed E-state index contributed by atoms with van der Waals surface area (Å²) in [7, 11) is -4.08. The molecular formula is C26H32N4O6S. The van der Waals surface area contributed by atoms with Crippen molar-refractivity contribution < 1.29 is 27.9 Å². The number of ether oxygens (including phenoxy) is 1. The van der Waals surface area contributed by atoms with Crippen molar-refractivity contribution in [2.75, 3.05) is 5.32 Å². The molecule has 10 nitrogen and oxygen atoms in total. The van der Waals surface area contributed by atoms with Gasteiger partial charge in [0.1, 0.15) is 10.6 Å². The third-order valence-corrected chi connectivity index (χ3v) is 6.76. The molecule has 3 rings (SSSR count). The minimum atomic E-state index is -4.08. The van der Waals surface area contributed by atoms with Crippen molar-refractivity contribution in [3.05, 3.63) is 59.8 Å². The average molecular weight is 529 g/mol. The van der Waals surface area contributed by atoms with Crippen LogP contribution < -0.4 is 14.8 Å². The van der Waals surface area contributed by atoms with E-state index in [1.165, 1.54) is 29.8 Å². The zero-order chi connectivity index (χ0) is 27.5. The summed E-state index contributed by atoms with van der Waals surface area (Å²) >= 11 is 0. The van der Waals surface area contributed by atoms with Gasteiger partial charge in [0, 0.05) is 23.7 Å². The van der Waals surface area contributed by atoms with Crippen LogP contribution in [0.25, 0.3) is 5.69 Å². The second-order valence-electron chi connectivity index (χ2n) is 10.2. The number of aromatic carboxylic acids is 1. The van der Waals surface area contributed by atoms with Gasteiger partial charge in [-0.05, 0) is 56.5 Å². The van der Waals surface area contributed by atoms with Gasteiger partial charge in [-0.3, -0.25) is 4.79 Å². The first kappa shape index (κ1) is 27.9. The van der Waals surface area contributed by atoms with E-state index in [0.29, 0.717) is 5.69 Å². The molecule has 0 aliphatic carbocycles. The molecule has 0 fully saturated rings. The van der Waals surface area contributed by atoms with Crippen molar-refractivity contribution in [2.45, 2.75) is 58.9 Å². The summed E-state index contributed by atoms with van der Waals surface area (Å²) in [5.74, 6) is -1.51. The SMILES string of the molecule is Cc1c(C(=O)O)nn(-c2ccccc2)c1Oc1ccc(NC(=O)CC(C)(C)C)cc1S(=O)(=O)NC(C)C. The highest BCUT2D eigenvalue weighted by Crippen LogP contribution is 2.35. The molecule has 0 bridgehead atoms. The number of carboxylic acids is 1. The number of sulfonamides is 1. The Morgan fingerprint density at radius 3 is 2.32 bits per heavy atom. The third-order valence-electron chi connectivity index (χ3n) is 5.08. The molecule has 1 amide bonds. The first-order chi connectivity index (χ1) is 17.2. The van der Waals surface area contributed by atoms with Gasteiger partial charge in [0.05, 0.1) is 5.69 Å². The number of aromatic nitrogens is 2. The number of hydrogen-bond acceptors (Lipinski definition) is 6. The topological polar surface area (TPSA) is 140 Å². The Labute approximate surface area is 216 Å². The fraction of sp³-hybridized carbons (Fsp3) is 0.346. The van der Waals surface area contributed by atoms with Crippen molar-refractivity contribution in [2.24, 2.45) is 5.41 Å². The van der Waals surface area contributed by atoms with E-state index >= 15 is 0 Å². The molecule has 0 aliphatic heterocycles. The molecule has 1 heterocycles. The summed E-state index contributed by atoms with van der Waals surface area (Å²) in [5.41, 5.74) is 0.555. The average Bonchev–Trinajstić information content (AvgIpc) is 3.09. The number of amides is 1. The van der Waals surface area contributed by atoms with Gasteiger partial charge in [0.15, 0.2) is 5.69 Å². The molecule has 0 unspecified atom stereocenters. The van der Waals surface area contributed by atoms with E-state index in [1.807, 2.05) is 20.8 Å². The molecular weight excluding hydrogens is 496 g/mol. The molecule has 0 spiro atoms. The second kappa shape index (κ2) is 10.7. The van der Waals surface area contributed by atoms with Gasteiger partial charge in [-0.1, -0.05) is 39.0 Å². The highest BCUT2D eigenvalue weighted by Gasteiger charge is 2.27. The van der Waals surface area contributed by atoms with Crippen molar-refractivity contribution in [1.82, 2.24) is 14.5 Å². The number of anilines is 1. The molecule has 198 valence electrons. The minimum Gasteiger partial charge on any atom is -0.476 e. The maximum Gasteiger partial charge on any atom is 0.356 e. The van der Waals surface area contributed by atoms with Crippen molar-refractivity contribution in [1.29, 1.82) is 0 Å². The number of hydrogen-bond donors (Lipinski definition) is 3. The van der Waals surface area contributed by atoms with Crippen LogP contribution >= 0.6 is 0 Å². The summed E-state index contributed by atoms with van der Waals surface area (Å²) in [5, 5.41) is 16.5. The molecule has 11 heteroatoms. The smallest absolute Gasteiger partial charge is 0.356 e. The number of carbonyl (C=O) groups is 2. The predicted octanol–water partition coefficient (Wildman–Crippen LogP) is 4.73. The molecule has 37 heavy (non-hydrogen) atoms. The Balaban J connectivity index is 2.12. The van der Waals surface area contributed by atoms with Crippen LogP contribution in [0.15, 0.2) is 53.4 Å². The predicted molar refractivity (Wildman–Crippen MR) is 140 cm³/mol. The summed E-state index contributed by atoms with van der Waals surface area (Å²) < 4.78 is 36.4. The number of nitrogens with zero attached hydrogens (tertiary/aromatic N) is 2. The van der Waals surface area contributed by atoms with Gasteiger partial charge in [-0.2, -0.15) is 9.78 Å². The van der Waals surface area contributed by atoms with Crippen molar-refractivity contribution >= 4 is 27.6 Å². The van der Waals surface area contributed by atoms with Crippen LogP contribution in [0.3, 0.4) is 0 Å².